The average Bonchev–Trinajstić information content (AvgIpc) is 2.75. The molecule has 0 saturated carbocycles. The molecule has 0 heterocycles. The third-order valence-electron chi connectivity index (χ3n) is 4.51. The first-order valence-electron chi connectivity index (χ1n) is 9.26. The highest BCUT2D eigenvalue weighted by atomic mass is 16.4. The van der Waals surface area contributed by atoms with E-state index in [1.54, 1.807) is 24.3 Å². The van der Waals surface area contributed by atoms with Crippen LogP contribution in [-0.2, 0) is 0 Å². The highest BCUT2D eigenvalue weighted by Gasteiger charge is 2.29. The minimum atomic E-state index is -1.67. The number of aromatic hydroxyl groups is 2. The molecule has 8 nitrogen and oxygen atoms in total. The molecule has 0 fully saturated rings. The van der Waals surface area contributed by atoms with E-state index in [1.165, 1.54) is 11.1 Å². The molecule has 0 bridgehead atoms. The molecule has 8 N–H and O–H groups in total. The normalized spacial score (nSPS) is 15.2. The molecule has 0 saturated heterocycles. The number of aliphatic hydroxyl groups excluding tert-OH is 6. The molecule has 2 aromatic rings. The van der Waals surface area contributed by atoms with E-state index in [0.717, 1.165) is 6.42 Å². The molecular weight excluding hydrogens is 380 g/mol. The molecule has 2 rings (SSSR count). The van der Waals surface area contributed by atoms with E-state index in [-0.39, 0.29) is 11.5 Å². The average molecular weight is 410 g/mol. The Morgan fingerprint density at radius 1 is 0.621 bits per heavy atom. The maximum atomic E-state index is 9.29. The summed E-state index contributed by atoms with van der Waals surface area (Å²) >= 11 is 0. The number of phenols is 2. The van der Waals surface area contributed by atoms with Crippen LogP contribution >= 0.6 is 0 Å². The molecule has 0 aliphatic heterocycles. The fourth-order valence-electron chi connectivity index (χ4n) is 2.75. The monoisotopic (exact) mass is 410 g/mol. The van der Waals surface area contributed by atoms with Gasteiger partial charge in [0.1, 0.15) is 35.9 Å². The van der Waals surface area contributed by atoms with Gasteiger partial charge in [0.2, 0.25) is 0 Å². The zero-order chi connectivity index (χ0) is 22.0. The molecule has 2 aromatic carbocycles. The van der Waals surface area contributed by atoms with Gasteiger partial charge in [-0.05, 0) is 41.8 Å². The van der Waals surface area contributed by atoms with Gasteiger partial charge in [-0.2, -0.15) is 0 Å². The third kappa shape index (κ3) is 7.62. The number of benzene rings is 2. The summed E-state index contributed by atoms with van der Waals surface area (Å²) in [4.78, 5) is 0. The molecule has 0 unspecified atom stereocenters. The Morgan fingerprint density at radius 2 is 0.931 bits per heavy atom. The molecule has 0 aliphatic carbocycles. The first kappa shape index (κ1) is 24.8. The van der Waals surface area contributed by atoms with Crippen molar-refractivity contribution in [1.29, 1.82) is 0 Å². The molecule has 0 aliphatic rings. The summed E-state index contributed by atoms with van der Waals surface area (Å²) < 4.78 is 0. The van der Waals surface area contributed by atoms with E-state index in [2.05, 4.69) is 6.92 Å². The summed E-state index contributed by atoms with van der Waals surface area (Å²) in [6.45, 7) is 0.678. The predicted octanol–water partition coefficient (Wildman–Crippen LogP) is 0.0543. The highest BCUT2D eigenvalue weighted by Crippen LogP contribution is 2.29. The van der Waals surface area contributed by atoms with Gasteiger partial charge in [-0.1, -0.05) is 31.2 Å². The number of phenolic OH excluding ortho intramolecular Hbond substituents is 2. The second kappa shape index (κ2) is 12.4. The molecule has 0 spiro atoms. The lowest BCUT2D eigenvalue weighted by Crippen LogP contribution is -2.46. The Bertz CT molecular complexity index is 629. The molecular formula is C21H30O8. The standard InChI is InChI=1S/C15H16O2.C6H14O6/c1-2-15(11-3-7-13(16)8-4-11)12-5-9-14(17)10-6-12;7-1-3(9)5(11)6(12)4(10)2-8/h3-10,15-17H,2H2,1H3;3-12H,1-2H2/t;3-,4+,5-,6-/m.1/s1. The van der Waals surface area contributed by atoms with Crippen molar-refractivity contribution in [2.24, 2.45) is 0 Å². The minimum Gasteiger partial charge on any atom is -0.508 e. The maximum Gasteiger partial charge on any atom is 0.115 e. The number of hydrogen-bond acceptors (Lipinski definition) is 8. The summed E-state index contributed by atoms with van der Waals surface area (Å²) in [6.07, 6.45) is -5.41. The molecule has 4 atom stereocenters. The Labute approximate surface area is 169 Å². The van der Waals surface area contributed by atoms with Gasteiger partial charge in [0, 0.05) is 5.92 Å². The van der Waals surface area contributed by atoms with E-state index in [9.17, 15) is 10.2 Å². The second-order valence-electron chi connectivity index (χ2n) is 6.62. The van der Waals surface area contributed by atoms with Crippen molar-refractivity contribution in [3.63, 3.8) is 0 Å². The van der Waals surface area contributed by atoms with Crippen molar-refractivity contribution in [2.75, 3.05) is 13.2 Å². The van der Waals surface area contributed by atoms with Crippen LogP contribution in [0.1, 0.15) is 30.4 Å². The van der Waals surface area contributed by atoms with Crippen molar-refractivity contribution in [2.45, 2.75) is 43.7 Å². The SMILES string of the molecule is CCC(c1ccc(O)cc1)c1ccc(O)cc1.OC[C@@H](O)[C@@H](O)[C@H](O)[C@@H](O)CO. The lowest BCUT2D eigenvalue weighted by molar-refractivity contribution is -0.123. The molecule has 0 amide bonds. The maximum absolute atomic E-state index is 9.29. The smallest absolute Gasteiger partial charge is 0.115 e. The van der Waals surface area contributed by atoms with Gasteiger partial charge in [-0.3, -0.25) is 0 Å². The Kier molecular flexibility index (Phi) is 10.6. The molecule has 162 valence electrons. The van der Waals surface area contributed by atoms with E-state index in [4.69, 9.17) is 30.6 Å². The van der Waals surface area contributed by atoms with E-state index >= 15 is 0 Å². The minimum absolute atomic E-state index is 0.286. The lowest BCUT2D eigenvalue weighted by atomic mass is 9.89. The van der Waals surface area contributed by atoms with Crippen LogP contribution in [0.25, 0.3) is 0 Å². The summed E-state index contributed by atoms with van der Waals surface area (Å²) in [5.41, 5.74) is 2.35. The van der Waals surface area contributed by atoms with Gasteiger partial charge in [-0.25, -0.2) is 0 Å². The molecule has 0 aromatic heterocycles. The zero-order valence-electron chi connectivity index (χ0n) is 16.2. The molecule has 0 radical (unpaired) electrons. The van der Waals surface area contributed by atoms with E-state index in [1.807, 2.05) is 24.3 Å². The Balaban J connectivity index is 0.000000311. The molecule has 8 heteroatoms. The lowest BCUT2D eigenvalue weighted by Gasteiger charge is -2.24. The van der Waals surface area contributed by atoms with E-state index < -0.39 is 37.6 Å². The molecule has 29 heavy (non-hydrogen) atoms. The first-order chi connectivity index (χ1) is 13.7. The third-order valence-corrected chi connectivity index (χ3v) is 4.51. The van der Waals surface area contributed by atoms with Gasteiger partial charge in [0.15, 0.2) is 0 Å². The van der Waals surface area contributed by atoms with Crippen LogP contribution in [0.3, 0.4) is 0 Å². The van der Waals surface area contributed by atoms with Crippen LogP contribution in [0, 0.1) is 0 Å². The summed E-state index contributed by atoms with van der Waals surface area (Å²) in [5.74, 6) is 0.875. The Hall–Kier alpha value is -2.20. The van der Waals surface area contributed by atoms with Gasteiger partial charge >= 0.3 is 0 Å². The fraction of sp³-hybridized carbons (Fsp3) is 0.429. The van der Waals surface area contributed by atoms with Crippen LogP contribution in [0.2, 0.25) is 0 Å². The van der Waals surface area contributed by atoms with Gasteiger partial charge in [-0.15, -0.1) is 0 Å². The van der Waals surface area contributed by atoms with E-state index in [0.29, 0.717) is 5.92 Å². The summed E-state index contributed by atoms with van der Waals surface area (Å²) in [7, 11) is 0. The van der Waals surface area contributed by atoms with Crippen molar-refractivity contribution in [3.05, 3.63) is 59.7 Å². The van der Waals surface area contributed by atoms with Crippen molar-refractivity contribution in [3.8, 4) is 11.5 Å². The second-order valence-corrected chi connectivity index (χ2v) is 6.62. The van der Waals surface area contributed by atoms with Crippen molar-refractivity contribution in [1.82, 2.24) is 0 Å². The van der Waals surface area contributed by atoms with Crippen molar-refractivity contribution >= 4 is 0 Å². The fourth-order valence-corrected chi connectivity index (χ4v) is 2.75. The predicted molar refractivity (Wildman–Crippen MR) is 107 cm³/mol. The first-order valence-corrected chi connectivity index (χ1v) is 9.26. The van der Waals surface area contributed by atoms with Crippen molar-refractivity contribution < 1.29 is 40.9 Å². The zero-order valence-corrected chi connectivity index (χ0v) is 16.2. The number of aliphatic hydroxyl groups is 6. The van der Waals surface area contributed by atoms with Crippen LogP contribution in [0.15, 0.2) is 48.5 Å². The van der Waals surface area contributed by atoms with Crippen LogP contribution in [0.4, 0.5) is 0 Å². The quantitative estimate of drug-likeness (QED) is 0.303. The summed E-state index contributed by atoms with van der Waals surface area (Å²) in [5, 5.41) is 70.7. The van der Waals surface area contributed by atoms with Gasteiger partial charge in [0.25, 0.3) is 0 Å². The largest absolute Gasteiger partial charge is 0.508 e. The van der Waals surface area contributed by atoms with Gasteiger partial charge in [0.05, 0.1) is 13.2 Å². The Morgan fingerprint density at radius 3 is 1.17 bits per heavy atom. The number of rotatable bonds is 8. The highest BCUT2D eigenvalue weighted by molar-refractivity contribution is 5.37. The summed E-state index contributed by atoms with van der Waals surface area (Å²) in [6, 6.07) is 14.6. The number of hydrogen-bond donors (Lipinski definition) is 8. The van der Waals surface area contributed by atoms with Crippen LogP contribution in [-0.4, -0.2) is 78.5 Å². The van der Waals surface area contributed by atoms with Crippen LogP contribution < -0.4 is 0 Å². The topological polar surface area (TPSA) is 162 Å². The van der Waals surface area contributed by atoms with Gasteiger partial charge < -0.3 is 40.9 Å². The van der Waals surface area contributed by atoms with Crippen LogP contribution in [0.5, 0.6) is 11.5 Å².